The zero-order valence-electron chi connectivity index (χ0n) is 18.3. The summed E-state index contributed by atoms with van der Waals surface area (Å²) >= 11 is 1.04. The van der Waals surface area contributed by atoms with E-state index < -0.39 is 16.1 Å². The number of ether oxygens (including phenoxy) is 1. The average molecular weight is 501 g/mol. The fourth-order valence-corrected chi connectivity index (χ4v) is 5.34. The number of aryl methyl sites for hydroxylation is 1. The largest absolute Gasteiger partial charge is 0.479 e. The number of fused-ring (bicyclic) bond motifs is 1. The molecule has 0 aliphatic rings. The quantitative estimate of drug-likeness (QED) is 0.367. The first-order valence-corrected chi connectivity index (χ1v) is 12.2. The molecule has 0 spiro atoms. The van der Waals surface area contributed by atoms with E-state index in [2.05, 4.69) is 20.6 Å². The monoisotopic (exact) mass is 500 g/mol. The molecule has 4 rings (SSSR count). The van der Waals surface area contributed by atoms with Crippen molar-refractivity contribution in [3.05, 3.63) is 64.0 Å². The minimum Gasteiger partial charge on any atom is -0.479 e. The third kappa shape index (κ3) is 4.56. The molecule has 2 amide bonds. The van der Waals surface area contributed by atoms with E-state index in [4.69, 9.17) is 4.74 Å². The van der Waals surface area contributed by atoms with Crippen molar-refractivity contribution in [2.75, 3.05) is 24.8 Å². The fraction of sp³-hybridized carbons (Fsp3) is 0.143. The Kier molecular flexibility index (Phi) is 6.22. The van der Waals surface area contributed by atoms with Gasteiger partial charge in [0.2, 0.25) is 11.8 Å². The number of nitrogens with one attached hydrogen (secondary N) is 3. The van der Waals surface area contributed by atoms with Crippen LogP contribution in [0.2, 0.25) is 0 Å². The van der Waals surface area contributed by atoms with Crippen molar-refractivity contribution in [1.29, 1.82) is 0 Å². The molecule has 0 aliphatic heterocycles. The first-order chi connectivity index (χ1) is 16.2. The third-order valence-electron chi connectivity index (χ3n) is 4.80. The van der Waals surface area contributed by atoms with Crippen molar-refractivity contribution in [3.8, 4) is 11.8 Å². The summed E-state index contributed by atoms with van der Waals surface area (Å²) in [6, 6.07) is 9.13. The molecule has 0 saturated carbocycles. The van der Waals surface area contributed by atoms with E-state index in [1.807, 2.05) is 10.8 Å². The number of anilines is 2. The van der Waals surface area contributed by atoms with Crippen molar-refractivity contribution >= 4 is 49.5 Å². The van der Waals surface area contributed by atoms with Crippen molar-refractivity contribution in [3.63, 3.8) is 0 Å². The molecule has 0 saturated heterocycles. The lowest BCUT2D eigenvalue weighted by molar-refractivity contribution is 0.256. The van der Waals surface area contributed by atoms with Gasteiger partial charge in [0.1, 0.15) is 9.90 Å². The second-order valence-corrected chi connectivity index (χ2v) is 10.3. The maximum atomic E-state index is 13.0. The number of carbonyl (C=O) groups is 1. The summed E-state index contributed by atoms with van der Waals surface area (Å²) in [6.45, 7) is 1.76. The predicted molar refractivity (Wildman–Crippen MR) is 130 cm³/mol. The highest BCUT2D eigenvalue weighted by atomic mass is 32.2. The molecular formula is C21H20N6O5S2. The normalized spacial score (nSPS) is 11.3. The number of rotatable bonds is 6. The fourth-order valence-electron chi connectivity index (χ4n) is 3.15. The first kappa shape index (κ1) is 23.2. The molecule has 0 atom stereocenters. The Morgan fingerprint density at radius 3 is 2.65 bits per heavy atom. The summed E-state index contributed by atoms with van der Waals surface area (Å²) in [5.74, 6) is -0.0314. The van der Waals surface area contributed by atoms with E-state index in [9.17, 15) is 18.0 Å². The summed E-state index contributed by atoms with van der Waals surface area (Å²) in [4.78, 5) is 34.4. The van der Waals surface area contributed by atoms with Gasteiger partial charge in [0.05, 0.1) is 13.3 Å². The van der Waals surface area contributed by atoms with Crippen LogP contribution in [0.15, 0.2) is 57.8 Å². The maximum Gasteiger partial charge on any atom is 0.333 e. The van der Waals surface area contributed by atoms with Gasteiger partial charge in [-0.3, -0.25) is 9.36 Å². The van der Waals surface area contributed by atoms with Gasteiger partial charge in [-0.2, -0.15) is 4.98 Å². The number of pyridine rings is 1. The topological polar surface area (TPSA) is 144 Å². The van der Waals surface area contributed by atoms with Crippen LogP contribution < -0.4 is 25.7 Å². The Hall–Kier alpha value is -3.97. The van der Waals surface area contributed by atoms with Crippen molar-refractivity contribution < 1.29 is 17.9 Å². The van der Waals surface area contributed by atoms with Gasteiger partial charge in [0, 0.05) is 29.2 Å². The standard InChI is InChI=1S/C21H20N6O5S2/c1-12-4-7-17(33-12)34(30,31)26-21(29)24-16-11-23-20(25-18(16)32-3)27-9-8-13-10-14(22-2)5-6-15(13)19(27)28/h4-11,22H,1-3H3,(H2,24,26,29). The number of sulfonamides is 1. The van der Waals surface area contributed by atoms with Crippen LogP contribution in [0.3, 0.4) is 0 Å². The summed E-state index contributed by atoms with van der Waals surface area (Å²) in [6.07, 6.45) is 2.76. The van der Waals surface area contributed by atoms with E-state index in [1.54, 1.807) is 38.2 Å². The summed E-state index contributed by atoms with van der Waals surface area (Å²) in [5, 5.41) is 6.60. The number of hydrogen-bond donors (Lipinski definition) is 3. The average Bonchev–Trinajstić information content (AvgIpc) is 3.26. The Morgan fingerprint density at radius 2 is 1.97 bits per heavy atom. The maximum absolute atomic E-state index is 13.0. The molecule has 34 heavy (non-hydrogen) atoms. The van der Waals surface area contributed by atoms with E-state index in [0.717, 1.165) is 27.3 Å². The molecule has 13 heteroatoms. The molecule has 3 heterocycles. The second kappa shape index (κ2) is 9.11. The summed E-state index contributed by atoms with van der Waals surface area (Å²) < 4.78 is 33.1. The molecule has 0 aliphatic carbocycles. The number of nitrogens with zero attached hydrogens (tertiary/aromatic N) is 3. The molecule has 3 aromatic heterocycles. The number of hydrogen-bond acceptors (Lipinski definition) is 9. The summed E-state index contributed by atoms with van der Waals surface area (Å²) in [7, 11) is -0.925. The molecule has 11 nitrogen and oxygen atoms in total. The predicted octanol–water partition coefficient (Wildman–Crippen LogP) is 2.71. The van der Waals surface area contributed by atoms with Crippen LogP contribution in [0, 0.1) is 6.92 Å². The second-order valence-electron chi connectivity index (χ2n) is 7.06. The minimum absolute atomic E-state index is 0.0104. The Labute approximate surface area is 198 Å². The molecule has 0 fully saturated rings. The number of amides is 2. The van der Waals surface area contributed by atoms with E-state index in [1.165, 1.54) is 30.1 Å². The van der Waals surface area contributed by atoms with Crippen LogP contribution >= 0.6 is 11.3 Å². The van der Waals surface area contributed by atoms with Gasteiger partial charge in [-0.25, -0.2) is 22.9 Å². The van der Waals surface area contributed by atoms with E-state index >= 15 is 0 Å². The highest BCUT2D eigenvalue weighted by Gasteiger charge is 2.21. The Balaban J connectivity index is 1.60. The van der Waals surface area contributed by atoms with E-state index in [-0.39, 0.29) is 27.3 Å². The molecule has 3 N–H and O–H groups in total. The lowest BCUT2D eigenvalue weighted by atomic mass is 10.1. The summed E-state index contributed by atoms with van der Waals surface area (Å²) in [5.41, 5.74) is 0.555. The van der Waals surface area contributed by atoms with Gasteiger partial charge in [-0.15, -0.1) is 11.3 Å². The lowest BCUT2D eigenvalue weighted by Gasteiger charge is -2.12. The third-order valence-corrected chi connectivity index (χ3v) is 7.62. The van der Waals surface area contributed by atoms with Crippen LogP contribution in [-0.2, 0) is 10.0 Å². The Morgan fingerprint density at radius 1 is 1.18 bits per heavy atom. The van der Waals surface area contributed by atoms with Gasteiger partial charge < -0.3 is 15.4 Å². The highest BCUT2D eigenvalue weighted by molar-refractivity contribution is 7.92. The SMILES string of the molecule is CNc1ccc2c(=O)n(-c3ncc(NC(=O)NS(=O)(=O)c4ccc(C)s4)c(OC)n3)ccc2c1. The van der Waals surface area contributed by atoms with Gasteiger partial charge >= 0.3 is 6.03 Å². The van der Waals surface area contributed by atoms with Crippen LogP contribution in [0.1, 0.15) is 4.88 Å². The lowest BCUT2D eigenvalue weighted by Crippen LogP contribution is -2.34. The molecule has 0 radical (unpaired) electrons. The number of thiophene rings is 1. The zero-order chi connectivity index (χ0) is 24.5. The van der Waals surface area contributed by atoms with Crippen LogP contribution in [0.5, 0.6) is 5.88 Å². The molecular weight excluding hydrogens is 480 g/mol. The van der Waals surface area contributed by atoms with Gasteiger partial charge in [0.25, 0.3) is 15.6 Å². The van der Waals surface area contributed by atoms with E-state index in [0.29, 0.717) is 5.39 Å². The Bertz CT molecular complexity index is 1560. The van der Waals surface area contributed by atoms with Gasteiger partial charge in [-0.05, 0) is 48.7 Å². The van der Waals surface area contributed by atoms with Gasteiger partial charge in [-0.1, -0.05) is 0 Å². The number of aromatic nitrogens is 3. The first-order valence-electron chi connectivity index (χ1n) is 9.86. The number of carbonyl (C=O) groups excluding carboxylic acids is 1. The molecule has 0 unspecified atom stereocenters. The van der Waals surface area contributed by atoms with Crippen molar-refractivity contribution in [2.24, 2.45) is 0 Å². The molecule has 4 aromatic rings. The number of benzene rings is 1. The number of urea groups is 1. The smallest absolute Gasteiger partial charge is 0.333 e. The molecule has 176 valence electrons. The van der Waals surface area contributed by atoms with Crippen molar-refractivity contribution in [1.82, 2.24) is 19.3 Å². The minimum atomic E-state index is -4.04. The highest BCUT2D eigenvalue weighted by Crippen LogP contribution is 2.23. The molecule has 0 bridgehead atoms. The van der Waals surface area contributed by atoms with Crippen molar-refractivity contribution in [2.45, 2.75) is 11.1 Å². The van der Waals surface area contributed by atoms with Crippen LogP contribution in [-0.4, -0.2) is 43.1 Å². The van der Waals surface area contributed by atoms with Crippen LogP contribution in [0.25, 0.3) is 16.7 Å². The number of methoxy groups -OCH3 is 1. The molecule has 1 aromatic carbocycles. The zero-order valence-corrected chi connectivity index (χ0v) is 20.0. The van der Waals surface area contributed by atoms with Crippen LogP contribution in [0.4, 0.5) is 16.2 Å². The van der Waals surface area contributed by atoms with Gasteiger partial charge in [0.15, 0.2) is 0 Å².